The number of aryl methyl sites for hydroxylation is 1. The highest BCUT2D eigenvalue weighted by atomic mass is 32.2. The quantitative estimate of drug-likeness (QED) is 0.790. The van der Waals surface area contributed by atoms with Crippen LogP contribution in [0.5, 0.6) is 0 Å². The van der Waals surface area contributed by atoms with Crippen molar-refractivity contribution in [2.75, 3.05) is 18.9 Å². The lowest BCUT2D eigenvalue weighted by Gasteiger charge is -2.05. The second-order valence-electron chi connectivity index (χ2n) is 4.00. The molecule has 0 saturated heterocycles. The van der Waals surface area contributed by atoms with E-state index in [-0.39, 0.29) is 4.90 Å². The summed E-state index contributed by atoms with van der Waals surface area (Å²) in [6.07, 6.45) is 1.87. The third-order valence-corrected chi connectivity index (χ3v) is 3.93. The molecular formula is C11H15N5O3S. The summed E-state index contributed by atoms with van der Waals surface area (Å²) in [5.74, 6) is 1.72. The Morgan fingerprint density at radius 3 is 2.70 bits per heavy atom. The van der Waals surface area contributed by atoms with Gasteiger partial charge in [0, 0.05) is 19.2 Å². The molecule has 2 heterocycles. The predicted octanol–water partition coefficient (Wildman–Crippen LogP) is 0.336. The van der Waals surface area contributed by atoms with E-state index in [1.54, 1.807) is 13.0 Å². The molecule has 2 N–H and O–H groups in total. The molecule has 0 amide bonds. The molecule has 0 aliphatic carbocycles. The van der Waals surface area contributed by atoms with Crippen LogP contribution >= 0.6 is 0 Å². The molecule has 0 aromatic carbocycles. The van der Waals surface area contributed by atoms with E-state index in [1.807, 2.05) is 0 Å². The van der Waals surface area contributed by atoms with Crippen LogP contribution in [0.15, 0.2) is 27.7 Å². The number of sulfonamides is 1. The fraction of sp³-hybridized carbons (Fsp3) is 0.364. The van der Waals surface area contributed by atoms with Crippen molar-refractivity contribution in [3.8, 4) is 0 Å². The summed E-state index contributed by atoms with van der Waals surface area (Å²) in [6, 6.07) is 3.08. The average molecular weight is 297 g/mol. The first kappa shape index (κ1) is 14.4. The van der Waals surface area contributed by atoms with Crippen molar-refractivity contribution in [2.45, 2.75) is 18.2 Å². The molecule has 0 saturated carbocycles. The third kappa shape index (κ3) is 3.52. The van der Waals surface area contributed by atoms with Crippen molar-refractivity contribution < 1.29 is 12.9 Å². The summed E-state index contributed by atoms with van der Waals surface area (Å²) in [4.78, 5) is 8.23. The zero-order valence-electron chi connectivity index (χ0n) is 11.1. The summed E-state index contributed by atoms with van der Waals surface area (Å²) < 4.78 is 30.2. The van der Waals surface area contributed by atoms with E-state index in [1.165, 1.54) is 19.3 Å². The molecule has 2 aromatic rings. The van der Waals surface area contributed by atoms with Crippen molar-refractivity contribution in [2.24, 2.45) is 0 Å². The standard InChI is InChI=1S/C11H15N5O3S/c1-8-15-11(19-16-8)5-6-13-10-4-3-9(7-14-10)20(17,18)12-2/h3-4,7,12H,5-6H2,1-2H3,(H,13,14). The number of nitrogens with one attached hydrogen (secondary N) is 2. The lowest BCUT2D eigenvalue weighted by Crippen LogP contribution is -2.18. The highest BCUT2D eigenvalue weighted by Gasteiger charge is 2.11. The summed E-state index contributed by atoms with van der Waals surface area (Å²) in [5.41, 5.74) is 0. The third-order valence-electron chi connectivity index (χ3n) is 2.53. The minimum Gasteiger partial charge on any atom is -0.370 e. The van der Waals surface area contributed by atoms with Gasteiger partial charge in [0.1, 0.15) is 10.7 Å². The van der Waals surface area contributed by atoms with Gasteiger partial charge in [0.2, 0.25) is 15.9 Å². The van der Waals surface area contributed by atoms with Crippen LogP contribution in [0.1, 0.15) is 11.7 Å². The number of aromatic nitrogens is 3. The smallest absolute Gasteiger partial charge is 0.241 e. The van der Waals surface area contributed by atoms with Crippen molar-refractivity contribution in [1.82, 2.24) is 19.8 Å². The highest BCUT2D eigenvalue weighted by molar-refractivity contribution is 7.89. The molecule has 0 atom stereocenters. The summed E-state index contributed by atoms with van der Waals surface area (Å²) in [5, 5.41) is 6.73. The predicted molar refractivity (Wildman–Crippen MR) is 71.7 cm³/mol. The molecule has 108 valence electrons. The van der Waals surface area contributed by atoms with Gasteiger partial charge in [-0.25, -0.2) is 18.1 Å². The zero-order valence-corrected chi connectivity index (χ0v) is 11.9. The molecule has 0 radical (unpaired) electrons. The van der Waals surface area contributed by atoms with Gasteiger partial charge in [-0.2, -0.15) is 4.98 Å². The minimum atomic E-state index is -3.45. The van der Waals surface area contributed by atoms with Crippen molar-refractivity contribution in [1.29, 1.82) is 0 Å². The molecule has 8 nitrogen and oxygen atoms in total. The van der Waals surface area contributed by atoms with Crippen LogP contribution in [-0.2, 0) is 16.4 Å². The van der Waals surface area contributed by atoms with Crippen molar-refractivity contribution in [3.05, 3.63) is 30.0 Å². The number of hydrogen-bond acceptors (Lipinski definition) is 7. The molecule has 0 fully saturated rings. The van der Waals surface area contributed by atoms with Gasteiger partial charge in [-0.1, -0.05) is 5.16 Å². The minimum absolute atomic E-state index is 0.123. The van der Waals surface area contributed by atoms with E-state index in [4.69, 9.17) is 4.52 Å². The van der Waals surface area contributed by atoms with Gasteiger partial charge < -0.3 is 9.84 Å². The van der Waals surface area contributed by atoms with Crippen LogP contribution in [0.3, 0.4) is 0 Å². The Labute approximate surface area is 116 Å². The van der Waals surface area contributed by atoms with Crippen LogP contribution in [0.25, 0.3) is 0 Å². The second-order valence-corrected chi connectivity index (χ2v) is 5.89. The number of hydrogen-bond donors (Lipinski definition) is 2. The summed E-state index contributed by atoms with van der Waals surface area (Å²) in [6.45, 7) is 2.32. The van der Waals surface area contributed by atoms with Crippen LogP contribution in [-0.4, -0.2) is 37.1 Å². The van der Waals surface area contributed by atoms with Crippen LogP contribution < -0.4 is 10.0 Å². The Kier molecular flexibility index (Phi) is 4.30. The number of pyridine rings is 1. The largest absolute Gasteiger partial charge is 0.370 e. The van der Waals surface area contributed by atoms with Gasteiger partial charge in [-0.05, 0) is 26.1 Å². The Balaban J connectivity index is 1.91. The molecular weight excluding hydrogens is 282 g/mol. The van der Waals surface area contributed by atoms with E-state index >= 15 is 0 Å². The maximum absolute atomic E-state index is 11.5. The Hall–Kier alpha value is -2.00. The fourth-order valence-corrected chi connectivity index (χ4v) is 2.18. The molecule has 9 heteroatoms. The van der Waals surface area contributed by atoms with Crippen LogP contribution in [0.4, 0.5) is 5.82 Å². The maximum atomic E-state index is 11.5. The van der Waals surface area contributed by atoms with Crippen LogP contribution in [0.2, 0.25) is 0 Å². The first-order chi connectivity index (χ1) is 9.51. The summed E-state index contributed by atoms with van der Waals surface area (Å²) >= 11 is 0. The molecule has 0 unspecified atom stereocenters. The molecule has 2 rings (SSSR count). The lowest BCUT2D eigenvalue weighted by atomic mass is 10.4. The fourth-order valence-electron chi connectivity index (χ4n) is 1.50. The number of rotatable bonds is 6. The average Bonchev–Trinajstić information content (AvgIpc) is 2.85. The summed E-state index contributed by atoms with van der Waals surface area (Å²) in [7, 11) is -2.09. The van der Waals surface area contributed by atoms with Crippen molar-refractivity contribution in [3.63, 3.8) is 0 Å². The molecule has 0 aliphatic rings. The number of nitrogens with zero attached hydrogens (tertiary/aromatic N) is 3. The van der Waals surface area contributed by atoms with Gasteiger partial charge in [-0.15, -0.1) is 0 Å². The van der Waals surface area contributed by atoms with E-state index in [0.717, 1.165) is 0 Å². The second kappa shape index (κ2) is 5.97. The monoisotopic (exact) mass is 297 g/mol. The van der Waals surface area contributed by atoms with E-state index in [0.29, 0.717) is 30.5 Å². The zero-order chi connectivity index (χ0) is 14.6. The first-order valence-corrected chi connectivity index (χ1v) is 7.42. The first-order valence-electron chi connectivity index (χ1n) is 5.94. The molecule has 20 heavy (non-hydrogen) atoms. The molecule has 2 aromatic heterocycles. The van der Waals surface area contributed by atoms with E-state index < -0.39 is 10.0 Å². The topological polar surface area (TPSA) is 110 Å². The maximum Gasteiger partial charge on any atom is 0.241 e. The molecule has 0 aliphatic heterocycles. The van der Waals surface area contributed by atoms with Gasteiger partial charge in [0.25, 0.3) is 0 Å². The Morgan fingerprint density at radius 2 is 2.15 bits per heavy atom. The van der Waals surface area contributed by atoms with E-state index in [9.17, 15) is 8.42 Å². The highest BCUT2D eigenvalue weighted by Crippen LogP contribution is 2.10. The van der Waals surface area contributed by atoms with Crippen LogP contribution in [0, 0.1) is 6.92 Å². The lowest BCUT2D eigenvalue weighted by molar-refractivity contribution is 0.377. The molecule has 0 bridgehead atoms. The SMILES string of the molecule is CNS(=O)(=O)c1ccc(NCCc2nc(C)no2)nc1. The van der Waals surface area contributed by atoms with Gasteiger partial charge in [0.15, 0.2) is 5.82 Å². The number of anilines is 1. The molecule has 0 spiro atoms. The van der Waals surface area contributed by atoms with Crippen molar-refractivity contribution >= 4 is 15.8 Å². The normalized spacial score (nSPS) is 11.5. The Bertz CT molecular complexity index is 666. The van der Waals surface area contributed by atoms with Gasteiger partial charge >= 0.3 is 0 Å². The Morgan fingerprint density at radius 1 is 1.35 bits per heavy atom. The van der Waals surface area contributed by atoms with Gasteiger partial charge in [0.05, 0.1) is 0 Å². The van der Waals surface area contributed by atoms with Gasteiger partial charge in [-0.3, -0.25) is 0 Å². The van der Waals surface area contributed by atoms with E-state index in [2.05, 4.69) is 25.2 Å².